The topological polar surface area (TPSA) is 69.9 Å². The lowest BCUT2D eigenvalue weighted by molar-refractivity contribution is 0.668. The van der Waals surface area contributed by atoms with Gasteiger partial charge in [0, 0.05) is 60.8 Å². The fourth-order valence-corrected chi connectivity index (χ4v) is 7.58. The highest BCUT2D eigenvalue weighted by Gasteiger charge is 2.20. The Hall–Kier alpha value is -7.83. The molecule has 266 valence electrons. The molecule has 0 atom stereocenters. The highest BCUT2D eigenvalue weighted by atomic mass is 16.3. The minimum absolute atomic E-state index is 0.0160. The van der Waals surface area contributed by atoms with E-state index in [1.165, 1.54) is 12.1 Å². The zero-order valence-corrected chi connectivity index (χ0v) is 29.5. The van der Waals surface area contributed by atoms with Gasteiger partial charge in [0.1, 0.15) is 22.3 Å². The second-order valence-electron chi connectivity index (χ2n) is 13.5. The lowest BCUT2D eigenvalue weighted by atomic mass is 9.97. The summed E-state index contributed by atoms with van der Waals surface area (Å²) in [6.07, 6.45) is 0. The number of aromatic nitrogens is 4. The van der Waals surface area contributed by atoms with Crippen molar-refractivity contribution >= 4 is 65.7 Å². The van der Waals surface area contributed by atoms with Crippen molar-refractivity contribution in [1.82, 2.24) is 19.5 Å². The van der Waals surface area contributed by atoms with Crippen molar-refractivity contribution in [2.75, 3.05) is 0 Å². The third kappa shape index (κ3) is 5.01. The minimum atomic E-state index is -0.632. The van der Waals surface area contributed by atoms with Crippen LogP contribution in [0.5, 0.6) is 0 Å². The van der Waals surface area contributed by atoms with Gasteiger partial charge in [0.15, 0.2) is 17.5 Å². The number of hydrogen-bond acceptors (Lipinski definition) is 5. The van der Waals surface area contributed by atoms with Crippen molar-refractivity contribution in [2.24, 2.45) is 0 Å². The Labute approximate surface area is 342 Å². The maximum atomic E-state index is 9.42. The van der Waals surface area contributed by atoms with E-state index in [1.54, 1.807) is 0 Å². The average Bonchev–Trinajstić information content (AvgIpc) is 4.06. The molecule has 6 heteroatoms. The fraction of sp³-hybridized carbons (Fsp3) is 0. The number of benzene rings is 8. The summed E-state index contributed by atoms with van der Waals surface area (Å²) in [4.78, 5) is 14.7. The molecular formula is C51H30N4O2. The van der Waals surface area contributed by atoms with Gasteiger partial charge in [-0.25, -0.2) is 15.0 Å². The highest BCUT2D eigenvalue weighted by molar-refractivity contribution is 6.14. The van der Waals surface area contributed by atoms with E-state index >= 15 is 0 Å². The molecule has 0 bridgehead atoms. The van der Waals surface area contributed by atoms with E-state index in [9.17, 15) is 5.48 Å². The van der Waals surface area contributed by atoms with E-state index < -0.39 is 60.4 Å². The van der Waals surface area contributed by atoms with Gasteiger partial charge in [0.2, 0.25) is 0 Å². The average molecular weight is 743 g/mol. The molecule has 0 aliphatic rings. The monoisotopic (exact) mass is 742 g/mol. The van der Waals surface area contributed by atoms with Gasteiger partial charge in [-0.3, -0.25) is 0 Å². The number of fused-ring (bicyclic) bond motifs is 9. The zero-order valence-electron chi connectivity index (χ0n) is 41.5. The van der Waals surface area contributed by atoms with Gasteiger partial charge in [-0.1, -0.05) is 121 Å². The normalized spacial score (nSPS) is 14.8. The van der Waals surface area contributed by atoms with Crippen molar-refractivity contribution in [2.45, 2.75) is 0 Å². The van der Waals surface area contributed by atoms with Crippen LogP contribution in [0.3, 0.4) is 0 Å². The number of para-hydroxylation sites is 3. The maximum Gasteiger partial charge on any atom is 0.164 e. The van der Waals surface area contributed by atoms with Crippen LogP contribution in [0.25, 0.3) is 117 Å². The molecule has 4 heterocycles. The van der Waals surface area contributed by atoms with E-state index in [0.717, 1.165) is 26.5 Å². The summed E-state index contributed by atoms with van der Waals surface area (Å²) >= 11 is 0. The molecule has 0 amide bonds. The Bertz CT molecular complexity index is 4150. The quantitative estimate of drug-likeness (QED) is 0.176. The molecule has 57 heavy (non-hydrogen) atoms. The first kappa shape index (κ1) is 21.9. The van der Waals surface area contributed by atoms with Crippen LogP contribution in [0.4, 0.5) is 0 Å². The third-order valence-electron chi connectivity index (χ3n) is 10.1. The molecule has 0 saturated heterocycles. The first-order valence-corrected chi connectivity index (χ1v) is 18.0. The molecule has 0 unspecified atom stereocenters. The number of hydrogen-bond donors (Lipinski definition) is 0. The molecule has 12 aromatic rings. The van der Waals surface area contributed by atoms with E-state index in [4.69, 9.17) is 34.8 Å². The number of furan rings is 2. The van der Waals surface area contributed by atoms with E-state index in [0.29, 0.717) is 22.3 Å². The standard InChI is InChI=1S/C51H30N4O2/c1-3-13-31(14-4-1)41-27-34(29-47-48(41)40-19-9-12-22-44(40)56-47)51-53-49(32-15-5-2-6-16-32)52-50(54-51)33-23-25-38-39-26-24-35(30-46(39)57-45(38)28-33)55-42-20-10-7-17-36(42)37-18-8-11-21-43(37)55/h1-30H/i7D,8D,10D,11D,17D,18D,20D,21D,23D,24D,25D,26D. The van der Waals surface area contributed by atoms with Gasteiger partial charge in [-0.2, -0.15) is 0 Å². The molecule has 0 radical (unpaired) electrons. The number of rotatable bonds is 5. The van der Waals surface area contributed by atoms with Crippen LogP contribution in [-0.2, 0) is 0 Å². The van der Waals surface area contributed by atoms with Crippen molar-refractivity contribution < 1.29 is 25.3 Å². The van der Waals surface area contributed by atoms with E-state index in [1.807, 2.05) is 97.1 Å². The van der Waals surface area contributed by atoms with E-state index in [-0.39, 0.29) is 84.6 Å². The van der Waals surface area contributed by atoms with Crippen LogP contribution in [0.15, 0.2) is 191 Å². The van der Waals surface area contributed by atoms with Crippen LogP contribution >= 0.6 is 0 Å². The van der Waals surface area contributed by atoms with Crippen LogP contribution in [-0.4, -0.2) is 19.5 Å². The van der Waals surface area contributed by atoms with E-state index in [2.05, 4.69) is 0 Å². The Kier molecular flexibility index (Phi) is 4.74. The fourth-order valence-electron chi connectivity index (χ4n) is 7.58. The molecule has 0 aliphatic heterocycles. The summed E-state index contributed by atoms with van der Waals surface area (Å²) in [5.41, 5.74) is 3.90. The molecular weight excluding hydrogens is 701 g/mol. The Morgan fingerprint density at radius 3 is 1.70 bits per heavy atom. The van der Waals surface area contributed by atoms with Crippen LogP contribution < -0.4 is 0 Å². The van der Waals surface area contributed by atoms with Crippen molar-refractivity contribution in [3.05, 3.63) is 182 Å². The molecule has 6 nitrogen and oxygen atoms in total. The summed E-state index contributed by atoms with van der Waals surface area (Å²) in [5, 5.41) is 1.56. The van der Waals surface area contributed by atoms with Gasteiger partial charge in [0.25, 0.3) is 0 Å². The maximum absolute atomic E-state index is 9.42. The Morgan fingerprint density at radius 1 is 0.404 bits per heavy atom. The lowest BCUT2D eigenvalue weighted by Gasteiger charge is -2.11. The first-order valence-electron chi connectivity index (χ1n) is 24.0. The summed E-state index contributed by atoms with van der Waals surface area (Å²) in [6, 6.07) is 27.3. The molecule has 0 saturated carbocycles. The molecule has 12 rings (SSSR count). The van der Waals surface area contributed by atoms with Crippen LogP contribution in [0.1, 0.15) is 16.4 Å². The minimum Gasteiger partial charge on any atom is -0.456 e. The van der Waals surface area contributed by atoms with Crippen LogP contribution in [0.2, 0.25) is 0 Å². The second kappa shape index (κ2) is 12.3. The van der Waals surface area contributed by atoms with Gasteiger partial charge in [-0.05, 0) is 65.6 Å². The number of nitrogens with zero attached hydrogens (tertiary/aromatic N) is 4. The molecule has 0 N–H and O–H groups in total. The predicted molar refractivity (Wildman–Crippen MR) is 230 cm³/mol. The third-order valence-corrected chi connectivity index (χ3v) is 10.1. The highest BCUT2D eigenvalue weighted by Crippen LogP contribution is 2.41. The summed E-state index contributed by atoms with van der Waals surface area (Å²) in [7, 11) is 0. The lowest BCUT2D eigenvalue weighted by Crippen LogP contribution is -2.00. The largest absolute Gasteiger partial charge is 0.456 e. The van der Waals surface area contributed by atoms with Crippen molar-refractivity contribution in [1.29, 1.82) is 0 Å². The molecule has 0 fully saturated rings. The van der Waals surface area contributed by atoms with Gasteiger partial charge >= 0.3 is 0 Å². The molecule has 8 aromatic carbocycles. The molecule has 0 spiro atoms. The van der Waals surface area contributed by atoms with Crippen LogP contribution in [0, 0.1) is 0 Å². The summed E-state index contributed by atoms with van der Waals surface area (Å²) in [6.45, 7) is 0. The molecule has 0 aliphatic carbocycles. The SMILES string of the molecule is [2H]c1c(-c2nc(-c3ccccc3)nc(-c3cc(-c4ccccc4)c4c(c3)oc3ccccc34)n2)cc2oc3cc(-n4c5c([2H])c([2H])c([2H])c([2H])c5c5c([2H])c([2H])c([2H])c([2H])c54)c([2H])c([2H])c3c2c1[2H]. The summed E-state index contributed by atoms with van der Waals surface area (Å²) in [5.74, 6) is 0.594. The van der Waals surface area contributed by atoms with Gasteiger partial charge in [-0.15, -0.1) is 0 Å². The van der Waals surface area contributed by atoms with Gasteiger partial charge in [0.05, 0.1) is 27.5 Å². The summed E-state index contributed by atoms with van der Waals surface area (Å²) < 4.78 is 121. The Balaban J connectivity index is 1.10. The smallest absolute Gasteiger partial charge is 0.164 e. The molecule has 4 aromatic heterocycles. The van der Waals surface area contributed by atoms with Crippen molar-refractivity contribution in [3.63, 3.8) is 0 Å². The Morgan fingerprint density at radius 2 is 0.965 bits per heavy atom. The van der Waals surface area contributed by atoms with Gasteiger partial charge < -0.3 is 13.4 Å². The zero-order chi connectivity index (χ0) is 47.9. The predicted octanol–water partition coefficient (Wildman–Crippen LogP) is 13.4. The van der Waals surface area contributed by atoms with Crippen molar-refractivity contribution in [3.8, 4) is 51.0 Å². The second-order valence-corrected chi connectivity index (χ2v) is 13.5. The first-order chi connectivity index (χ1) is 33.2.